The maximum absolute atomic E-state index is 13.7. The molecular formula is C26H22N2O4S3. The first kappa shape index (κ1) is 21.6. The number of imide groups is 1. The molecule has 2 N–H and O–H groups in total. The van der Waals surface area contributed by atoms with E-state index < -0.39 is 0 Å². The number of methoxy groups -OCH3 is 1. The van der Waals surface area contributed by atoms with Crippen LogP contribution in [0.5, 0.6) is 11.5 Å². The topological polar surface area (TPSA) is 82.6 Å². The van der Waals surface area contributed by atoms with E-state index in [0.29, 0.717) is 11.4 Å². The Kier molecular flexibility index (Phi) is 4.75. The van der Waals surface area contributed by atoms with Gasteiger partial charge in [-0.2, -0.15) is 0 Å². The van der Waals surface area contributed by atoms with Crippen LogP contribution in [0.15, 0.2) is 53.6 Å². The van der Waals surface area contributed by atoms with Crippen molar-refractivity contribution >= 4 is 52.8 Å². The van der Waals surface area contributed by atoms with Crippen LogP contribution in [-0.2, 0) is 9.59 Å². The van der Waals surface area contributed by atoms with Crippen LogP contribution in [0.1, 0.15) is 22.8 Å². The zero-order valence-electron chi connectivity index (χ0n) is 18.7. The number of phenols is 1. The van der Waals surface area contributed by atoms with E-state index in [9.17, 15) is 14.7 Å². The highest BCUT2D eigenvalue weighted by Gasteiger charge is 2.69. The molecule has 7 rings (SSSR count). The van der Waals surface area contributed by atoms with E-state index in [4.69, 9.17) is 17.0 Å². The molecule has 2 bridgehead atoms. The molecule has 7 unspecified atom stereocenters. The van der Waals surface area contributed by atoms with Gasteiger partial charge in [-0.05, 0) is 66.2 Å². The van der Waals surface area contributed by atoms with Gasteiger partial charge in [-0.1, -0.05) is 24.3 Å². The number of nitrogens with one attached hydrogen (secondary N) is 1. The van der Waals surface area contributed by atoms with Crippen LogP contribution < -0.4 is 9.64 Å². The number of nitrogens with zero attached hydrogens (tertiary/aromatic N) is 1. The van der Waals surface area contributed by atoms with E-state index in [1.807, 2.05) is 42.5 Å². The SMILES string of the molecule is COc1cc(C2c3sc(=S)[nH]c3SC3C4CC(C5C(=O)N(c6ccccc6)C(=O)C45)C23)ccc1O. The quantitative estimate of drug-likeness (QED) is 0.364. The zero-order chi connectivity index (χ0) is 24.0. The van der Waals surface area contributed by atoms with Crippen LogP contribution in [-0.4, -0.2) is 34.3 Å². The number of aromatic hydroxyl groups is 1. The number of para-hydroxylation sites is 1. The lowest BCUT2D eigenvalue weighted by Crippen LogP contribution is -2.42. The zero-order valence-corrected chi connectivity index (χ0v) is 21.2. The number of ether oxygens (including phenoxy) is 1. The Morgan fingerprint density at radius 2 is 1.83 bits per heavy atom. The minimum atomic E-state index is -0.287. The first-order valence-electron chi connectivity index (χ1n) is 11.7. The molecule has 0 spiro atoms. The second-order valence-electron chi connectivity index (χ2n) is 9.74. The van der Waals surface area contributed by atoms with Crippen molar-refractivity contribution in [2.45, 2.75) is 22.6 Å². The van der Waals surface area contributed by atoms with Gasteiger partial charge in [0.25, 0.3) is 0 Å². The fourth-order valence-corrected chi connectivity index (χ4v) is 10.4. The lowest BCUT2D eigenvalue weighted by Gasteiger charge is -2.43. The number of phenolic OH excluding ortho intramolecular Hbond substituents is 1. The molecule has 3 heterocycles. The Morgan fingerprint density at radius 1 is 1.09 bits per heavy atom. The number of amides is 2. The summed E-state index contributed by atoms with van der Waals surface area (Å²) in [4.78, 5) is 33.3. The first-order chi connectivity index (χ1) is 17.0. The number of carbonyl (C=O) groups is 2. The van der Waals surface area contributed by atoms with E-state index in [0.717, 1.165) is 21.0 Å². The van der Waals surface area contributed by atoms with Gasteiger partial charge >= 0.3 is 0 Å². The molecule has 2 saturated carbocycles. The van der Waals surface area contributed by atoms with Crippen LogP contribution >= 0.6 is 35.3 Å². The number of aromatic amines is 1. The van der Waals surface area contributed by atoms with Gasteiger partial charge in [0.15, 0.2) is 15.5 Å². The Hall–Kier alpha value is -2.62. The number of anilines is 1. The van der Waals surface area contributed by atoms with Crippen molar-refractivity contribution in [3.8, 4) is 11.5 Å². The number of fused-ring (bicyclic) bond motifs is 9. The number of H-pyrrole nitrogens is 1. The van der Waals surface area contributed by atoms with Crippen LogP contribution in [0, 0.1) is 33.5 Å². The van der Waals surface area contributed by atoms with Crippen LogP contribution in [0.4, 0.5) is 5.69 Å². The minimum Gasteiger partial charge on any atom is -0.504 e. The third-order valence-corrected chi connectivity index (χ3v) is 11.2. The number of carbonyl (C=O) groups excluding carboxylic acids is 2. The van der Waals surface area contributed by atoms with Crippen molar-refractivity contribution in [3.63, 3.8) is 0 Å². The summed E-state index contributed by atoms with van der Waals surface area (Å²) in [6.45, 7) is 0. The Morgan fingerprint density at radius 3 is 2.57 bits per heavy atom. The molecule has 178 valence electrons. The molecule has 1 saturated heterocycles. The molecule has 1 aromatic heterocycles. The summed E-state index contributed by atoms with van der Waals surface area (Å²) in [6.07, 6.45) is 0.888. The summed E-state index contributed by atoms with van der Waals surface area (Å²) < 4.78 is 6.15. The highest BCUT2D eigenvalue weighted by molar-refractivity contribution is 8.00. The molecule has 2 aromatic carbocycles. The number of thioether (sulfide) groups is 1. The summed E-state index contributed by atoms with van der Waals surface area (Å²) in [7, 11) is 1.55. The molecule has 4 aliphatic rings. The number of hydrogen-bond acceptors (Lipinski definition) is 7. The van der Waals surface area contributed by atoms with Gasteiger partial charge in [0.2, 0.25) is 11.8 Å². The molecule has 9 heteroatoms. The van der Waals surface area contributed by atoms with Gasteiger partial charge < -0.3 is 14.8 Å². The normalized spacial score (nSPS) is 32.5. The van der Waals surface area contributed by atoms with Crippen molar-refractivity contribution < 1.29 is 19.4 Å². The average Bonchev–Trinajstić information content (AvgIpc) is 3.59. The summed E-state index contributed by atoms with van der Waals surface area (Å²) in [5.41, 5.74) is 1.71. The monoisotopic (exact) mass is 522 g/mol. The average molecular weight is 523 g/mol. The fraction of sp³-hybridized carbons (Fsp3) is 0.346. The van der Waals surface area contributed by atoms with Crippen LogP contribution in [0.2, 0.25) is 0 Å². The molecular weight excluding hydrogens is 500 g/mol. The Bertz CT molecular complexity index is 1430. The molecule has 2 amide bonds. The fourth-order valence-electron chi connectivity index (χ4n) is 7.11. The molecule has 2 aliphatic carbocycles. The largest absolute Gasteiger partial charge is 0.504 e. The molecule has 3 fully saturated rings. The van der Waals surface area contributed by atoms with E-state index in [1.54, 1.807) is 36.3 Å². The predicted octanol–water partition coefficient (Wildman–Crippen LogP) is 5.20. The molecule has 6 nitrogen and oxygen atoms in total. The maximum Gasteiger partial charge on any atom is 0.238 e. The van der Waals surface area contributed by atoms with Gasteiger partial charge in [0.05, 0.1) is 29.7 Å². The summed E-state index contributed by atoms with van der Waals surface area (Å²) in [6, 6.07) is 14.8. The lowest BCUT2D eigenvalue weighted by molar-refractivity contribution is -0.123. The van der Waals surface area contributed by atoms with E-state index in [1.165, 1.54) is 9.78 Å². The lowest BCUT2D eigenvalue weighted by atomic mass is 9.68. The smallest absolute Gasteiger partial charge is 0.238 e. The van der Waals surface area contributed by atoms with Gasteiger partial charge in [0, 0.05) is 16.0 Å². The number of aromatic nitrogens is 1. The molecule has 3 aromatic rings. The van der Waals surface area contributed by atoms with Crippen molar-refractivity contribution in [2.24, 2.45) is 29.6 Å². The maximum atomic E-state index is 13.7. The van der Waals surface area contributed by atoms with Crippen molar-refractivity contribution in [1.29, 1.82) is 0 Å². The third-order valence-electron chi connectivity index (χ3n) is 8.30. The summed E-state index contributed by atoms with van der Waals surface area (Å²) in [5.74, 6) is 0.341. The van der Waals surface area contributed by atoms with Gasteiger partial charge in [-0.15, -0.1) is 23.1 Å². The summed E-state index contributed by atoms with van der Waals surface area (Å²) >= 11 is 8.90. The first-order valence-corrected chi connectivity index (χ1v) is 13.8. The number of rotatable bonds is 3. The molecule has 35 heavy (non-hydrogen) atoms. The van der Waals surface area contributed by atoms with E-state index in [2.05, 4.69) is 4.98 Å². The van der Waals surface area contributed by atoms with E-state index >= 15 is 0 Å². The summed E-state index contributed by atoms with van der Waals surface area (Å²) in [5, 5.41) is 11.5. The molecule has 0 radical (unpaired) electrons. The minimum absolute atomic E-state index is 0.0216. The van der Waals surface area contributed by atoms with Crippen molar-refractivity contribution in [2.75, 3.05) is 12.0 Å². The molecule has 2 aliphatic heterocycles. The number of thiazole rings is 1. The highest BCUT2D eigenvalue weighted by Crippen LogP contribution is 2.69. The van der Waals surface area contributed by atoms with Gasteiger partial charge in [0.1, 0.15) is 0 Å². The van der Waals surface area contributed by atoms with Gasteiger partial charge in [-0.3, -0.25) is 14.5 Å². The Balaban J connectivity index is 1.34. The Labute approximate surface area is 215 Å². The predicted molar refractivity (Wildman–Crippen MR) is 137 cm³/mol. The highest BCUT2D eigenvalue weighted by atomic mass is 32.2. The standard InChI is InChI=1S/C26H22N2O4S3/c1-32-16-9-11(7-8-15(16)29)17-18-13-10-14(21(18)34-23-22(17)35-26(33)27-23)20-19(13)24(30)28(25(20)31)12-5-3-2-4-6-12/h2-9,13-14,17-21,29H,10H2,1H3,(H,27,33). The number of benzene rings is 2. The second kappa shape index (κ2) is 7.69. The van der Waals surface area contributed by atoms with E-state index in [-0.39, 0.29) is 58.3 Å². The van der Waals surface area contributed by atoms with Crippen molar-refractivity contribution in [1.82, 2.24) is 4.98 Å². The third kappa shape index (κ3) is 2.92. The van der Waals surface area contributed by atoms with Crippen LogP contribution in [0.25, 0.3) is 0 Å². The van der Waals surface area contributed by atoms with Crippen molar-refractivity contribution in [3.05, 3.63) is 62.9 Å². The van der Waals surface area contributed by atoms with Gasteiger partial charge in [-0.25, -0.2) is 0 Å². The number of hydrogen-bond donors (Lipinski definition) is 2. The molecule has 7 atom stereocenters. The second-order valence-corrected chi connectivity index (χ2v) is 12.6. The van der Waals surface area contributed by atoms with Crippen LogP contribution in [0.3, 0.4) is 0 Å².